The molecule has 0 spiro atoms. The number of carbonyl (C=O) groups is 2. The van der Waals surface area contributed by atoms with Crippen molar-refractivity contribution in [3.63, 3.8) is 0 Å². The SMILES string of the molecule is O=C1NC(=O)C(=Cc2ccnc(N3CCC(CNCc4nc(-c5ccncc5F)cc5ccccc45)CC3)n2)S1. The molecule has 2 saturated heterocycles. The van der Waals surface area contributed by atoms with Crippen LogP contribution in [0.5, 0.6) is 0 Å². The molecule has 0 unspecified atom stereocenters. The van der Waals surface area contributed by atoms with Crippen LogP contribution in [0.15, 0.2) is 66.0 Å². The van der Waals surface area contributed by atoms with Crippen LogP contribution in [-0.4, -0.2) is 50.7 Å². The number of hydrogen-bond donors (Lipinski definition) is 2. The number of nitrogens with zero attached hydrogens (tertiary/aromatic N) is 5. The van der Waals surface area contributed by atoms with E-state index in [0.717, 1.165) is 60.7 Å². The lowest BCUT2D eigenvalue weighted by atomic mass is 9.97. The van der Waals surface area contributed by atoms with Gasteiger partial charge in [-0.05, 0) is 66.7 Å². The number of thioether (sulfide) groups is 1. The van der Waals surface area contributed by atoms with Gasteiger partial charge in [0.2, 0.25) is 5.95 Å². The smallest absolute Gasteiger partial charge is 0.290 e. The van der Waals surface area contributed by atoms with Crippen LogP contribution in [0, 0.1) is 11.7 Å². The minimum Gasteiger partial charge on any atom is -0.341 e. The Balaban J connectivity index is 1.08. The number of benzene rings is 1. The molecule has 3 aromatic heterocycles. The average molecular weight is 556 g/mol. The summed E-state index contributed by atoms with van der Waals surface area (Å²) in [6, 6.07) is 13.3. The third kappa shape index (κ3) is 5.70. The van der Waals surface area contributed by atoms with E-state index in [1.54, 1.807) is 30.6 Å². The van der Waals surface area contributed by atoms with Crippen LogP contribution in [-0.2, 0) is 11.3 Å². The first-order chi connectivity index (χ1) is 19.5. The number of imide groups is 1. The lowest BCUT2D eigenvalue weighted by molar-refractivity contribution is -0.115. The molecule has 0 saturated carbocycles. The molecule has 2 N–H and O–H groups in total. The minimum absolute atomic E-state index is 0.332. The Morgan fingerprint density at radius 3 is 2.75 bits per heavy atom. The van der Waals surface area contributed by atoms with Gasteiger partial charge < -0.3 is 10.2 Å². The predicted molar refractivity (Wildman–Crippen MR) is 153 cm³/mol. The maximum Gasteiger partial charge on any atom is 0.290 e. The molecule has 40 heavy (non-hydrogen) atoms. The molecule has 5 heterocycles. The molecule has 9 nitrogen and oxygen atoms in total. The molecule has 2 amide bonds. The number of hydrogen-bond acceptors (Lipinski definition) is 9. The van der Waals surface area contributed by atoms with E-state index in [1.807, 2.05) is 30.3 Å². The zero-order valence-corrected chi connectivity index (χ0v) is 22.3. The highest BCUT2D eigenvalue weighted by atomic mass is 32.2. The first-order valence-electron chi connectivity index (χ1n) is 13.1. The van der Waals surface area contributed by atoms with Crippen LogP contribution in [0.3, 0.4) is 0 Å². The number of carbonyl (C=O) groups excluding carboxylic acids is 2. The Morgan fingerprint density at radius 2 is 1.95 bits per heavy atom. The highest BCUT2D eigenvalue weighted by molar-refractivity contribution is 8.18. The molecular formula is C29H26FN7O2S. The molecule has 0 radical (unpaired) electrons. The van der Waals surface area contributed by atoms with E-state index in [4.69, 9.17) is 4.98 Å². The van der Waals surface area contributed by atoms with Crippen LogP contribution >= 0.6 is 11.8 Å². The summed E-state index contributed by atoms with van der Waals surface area (Å²) < 4.78 is 14.4. The molecule has 6 rings (SSSR count). The topological polar surface area (TPSA) is 113 Å². The highest BCUT2D eigenvalue weighted by Crippen LogP contribution is 2.28. The molecule has 0 bridgehead atoms. The van der Waals surface area contributed by atoms with E-state index >= 15 is 0 Å². The maximum absolute atomic E-state index is 14.4. The first kappa shape index (κ1) is 26.0. The second-order valence-electron chi connectivity index (χ2n) is 9.73. The summed E-state index contributed by atoms with van der Waals surface area (Å²) in [5.74, 6) is 0.313. The van der Waals surface area contributed by atoms with Gasteiger partial charge in [0.05, 0.1) is 28.2 Å². The van der Waals surface area contributed by atoms with Gasteiger partial charge in [0, 0.05) is 43.0 Å². The number of anilines is 1. The normalized spacial score (nSPS) is 17.1. The van der Waals surface area contributed by atoms with Crippen LogP contribution in [0.2, 0.25) is 0 Å². The first-order valence-corrected chi connectivity index (χ1v) is 13.9. The summed E-state index contributed by atoms with van der Waals surface area (Å²) in [4.78, 5) is 43.4. The summed E-state index contributed by atoms with van der Waals surface area (Å²) in [6.07, 6.45) is 8.03. The monoisotopic (exact) mass is 555 g/mol. The summed E-state index contributed by atoms with van der Waals surface area (Å²) >= 11 is 0.874. The fraction of sp³-hybridized carbons (Fsp3) is 0.241. The number of amides is 2. The summed E-state index contributed by atoms with van der Waals surface area (Å²) in [7, 11) is 0. The minimum atomic E-state index is -0.400. The molecule has 202 valence electrons. The molecule has 2 aliphatic heterocycles. The fourth-order valence-electron chi connectivity index (χ4n) is 5.01. The van der Waals surface area contributed by atoms with Crippen molar-refractivity contribution in [2.24, 2.45) is 5.92 Å². The Hall–Kier alpha value is -4.22. The Morgan fingerprint density at radius 1 is 1.10 bits per heavy atom. The Kier molecular flexibility index (Phi) is 7.47. The van der Waals surface area contributed by atoms with Gasteiger partial charge >= 0.3 is 0 Å². The van der Waals surface area contributed by atoms with Gasteiger partial charge in [0.15, 0.2) is 5.82 Å². The van der Waals surface area contributed by atoms with Crippen molar-refractivity contribution < 1.29 is 14.0 Å². The van der Waals surface area contributed by atoms with E-state index in [0.29, 0.717) is 40.3 Å². The number of nitrogens with one attached hydrogen (secondary N) is 2. The largest absolute Gasteiger partial charge is 0.341 e. The highest BCUT2D eigenvalue weighted by Gasteiger charge is 2.26. The molecule has 2 aliphatic rings. The Bertz CT molecular complexity index is 1620. The molecule has 4 aromatic rings. The van der Waals surface area contributed by atoms with Crippen molar-refractivity contribution in [3.8, 4) is 11.3 Å². The quantitative estimate of drug-likeness (QED) is 0.317. The van der Waals surface area contributed by atoms with Gasteiger partial charge in [-0.2, -0.15) is 0 Å². The third-order valence-corrected chi connectivity index (χ3v) is 7.89. The number of rotatable bonds is 7. The van der Waals surface area contributed by atoms with Crippen LogP contribution in [0.1, 0.15) is 24.2 Å². The van der Waals surface area contributed by atoms with Crippen molar-refractivity contribution >= 4 is 45.7 Å². The van der Waals surface area contributed by atoms with Crippen molar-refractivity contribution in [1.82, 2.24) is 30.6 Å². The van der Waals surface area contributed by atoms with Gasteiger partial charge in [-0.15, -0.1) is 0 Å². The zero-order valence-electron chi connectivity index (χ0n) is 21.5. The van der Waals surface area contributed by atoms with Crippen molar-refractivity contribution in [3.05, 3.63) is 83.2 Å². The predicted octanol–water partition coefficient (Wildman–Crippen LogP) is 4.56. The molecule has 0 atom stereocenters. The van der Waals surface area contributed by atoms with Crippen molar-refractivity contribution in [2.45, 2.75) is 19.4 Å². The van der Waals surface area contributed by atoms with E-state index in [1.165, 1.54) is 6.20 Å². The number of aromatic nitrogens is 4. The second kappa shape index (κ2) is 11.5. The van der Waals surface area contributed by atoms with Gasteiger partial charge in [0.1, 0.15) is 0 Å². The van der Waals surface area contributed by atoms with Gasteiger partial charge in [0.25, 0.3) is 11.1 Å². The van der Waals surface area contributed by atoms with Gasteiger partial charge in [-0.25, -0.2) is 14.4 Å². The lowest BCUT2D eigenvalue weighted by Crippen LogP contribution is -2.38. The molecule has 1 aromatic carbocycles. The Labute approximate surface area is 234 Å². The molecule has 0 aliphatic carbocycles. The van der Waals surface area contributed by atoms with E-state index in [-0.39, 0.29) is 11.1 Å². The standard InChI is InChI=1S/C29H26FN7O2S/c30-23-16-31-9-6-22(23)24-13-19-3-1-2-4-21(19)25(35-24)17-32-15-18-7-11-37(12-8-18)28-33-10-5-20(34-28)14-26-27(38)36-29(39)40-26/h1-6,9-10,13-14,16,18,32H,7-8,11-12,15,17H2,(H,36,38,39). The molecule has 11 heteroatoms. The molecular weight excluding hydrogens is 529 g/mol. The second-order valence-corrected chi connectivity index (χ2v) is 10.7. The van der Waals surface area contributed by atoms with Crippen LogP contribution in [0.25, 0.3) is 28.1 Å². The molecule has 2 fully saturated rings. The summed E-state index contributed by atoms with van der Waals surface area (Å²) in [6.45, 7) is 3.05. The number of pyridine rings is 2. The van der Waals surface area contributed by atoms with Crippen molar-refractivity contribution in [2.75, 3.05) is 24.5 Å². The van der Waals surface area contributed by atoms with Crippen molar-refractivity contribution in [1.29, 1.82) is 0 Å². The van der Waals surface area contributed by atoms with E-state index < -0.39 is 5.91 Å². The third-order valence-electron chi connectivity index (χ3n) is 7.08. The van der Waals surface area contributed by atoms with Crippen LogP contribution in [0.4, 0.5) is 15.1 Å². The van der Waals surface area contributed by atoms with Gasteiger partial charge in [-0.1, -0.05) is 24.3 Å². The maximum atomic E-state index is 14.4. The van der Waals surface area contributed by atoms with Gasteiger partial charge in [-0.3, -0.25) is 24.9 Å². The fourth-order valence-corrected chi connectivity index (χ4v) is 5.68. The average Bonchev–Trinajstić information content (AvgIpc) is 3.29. The number of halogens is 1. The van der Waals surface area contributed by atoms with E-state index in [2.05, 4.69) is 30.5 Å². The number of piperidine rings is 1. The zero-order chi connectivity index (χ0) is 27.5. The summed E-state index contributed by atoms with van der Waals surface area (Å²) in [5, 5.41) is 7.52. The number of fused-ring (bicyclic) bond motifs is 1. The van der Waals surface area contributed by atoms with Crippen LogP contribution < -0.4 is 15.5 Å². The lowest BCUT2D eigenvalue weighted by Gasteiger charge is -2.32. The summed E-state index contributed by atoms with van der Waals surface area (Å²) in [5.41, 5.74) is 2.52. The van der Waals surface area contributed by atoms with E-state index in [9.17, 15) is 14.0 Å².